The van der Waals surface area contributed by atoms with Gasteiger partial charge in [0.15, 0.2) is 11.5 Å². The highest BCUT2D eigenvalue weighted by molar-refractivity contribution is 7.18. The van der Waals surface area contributed by atoms with Crippen molar-refractivity contribution in [3.8, 4) is 11.5 Å². The van der Waals surface area contributed by atoms with Gasteiger partial charge in [-0.25, -0.2) is 4.98 Å². The van der Waals surface area contributed by atoms with E-state index >= 15 is 0 Å². The fraction of sp³-hybridized carbons (Fsp3) is 0.333. The average molecular weight is 382 g/mol. The van der Waals surface area contributed by atoms with Crippen molar-refractivity contribution in [1.29, 1.82) is 0 Å². The van der Waals surface area contributed by atoms with Gasteiger partial charge in [-0.2, -0.15) is 0 Å². The zero-order chi connectivity index (χ0) is 19.0. The topological polar surface area (TPSA) is 53.4 Å². The van der Waals surface area contributed by atoms with Crippen molar-refractivity contribution in [2.24, 2.45) is 0 Å². The molecule has 2 aromatic heterocycles. The van der Waals surface area contributed by atoms with E-state index in [1.54, 1.807) is 23.0 Å². The molecular weight excluding hydrogens is 360 g/mol. The smallest absolute Gasteiger partial charge is 0.262 e. The highest BCUT2D eigenvalue weighted by atomic mass is 32.1. The number of nitrogens with zero attached hydrogens (tertiary/aromatic N) is 2. The maximum atomic E-state index is 12.8. The summed E-state index contributed by atoms with van der Waals surface area (Å²) in [7, 11) is 1.64. The highest BCUT2D eigenvalue weighted by Gasteiger charge is 2.22. The molecule has 1 aromatic carbocycles. The van der Waals surface area contributed by atoms with Gasteiger partial charge in [0, 0.05) is 11.4 Å². The number of aryl methyl sites for hydroxylation is 1. The molecule has 4 rings (SSSR count). The van der Waals surface area contributed by atoms with Crippen LogP contribution in [0.4, 0.5) is 0 Å². The van der Waals surface area contributed by atoms with Gasteiger partial charge in [-0.1, -0.05) is 13.0 Å². The van der Waals surface area contributed by atoms with Gasteiger partial charge in [0.25, 0.3) is 5.56 Å². The van der Waals surface area contributed by atoms with Crippen molar-refractivity contribution in [2.75, 3.05) is 13.7 Å². The van der Waals surface area contributed by atoms with E-state index in [2.05, 4.69) is 13.0 Å². The van der Waals surface area contributed by atoms with E-state index in [1.807, 2.05) is 31.2 Å². The Morgan fingerprint density at radius 3 is 2.85 bits per heavy atom. The first-order valence-corrected chi connectivity index (χ1v) is 10.0. The Bertz CT molecular complexity index is 1090. The minimum absolute atomic E-state index is 0.0686. The van der Waals surface area contributed by atoms with Crippen molar-refractivity contribution >= 4 is 33.2 Å². The molecule has 0 bridgehead atoms. The van der Waals surface area contributed by atoms with Gasteiger partial charge < -0.3 is 9.47 Å². The van der Waals surface area contributed by atoms with Crippen LogP contribution in [0.2, 0.25) is 0 Å². The monoisotopic (exact) mass is 382 g/mol. The van der Waals surface area contributed by atoms with E-state index in [4.69, 9.17) is 14.5 Å². The molecule has 27 heavy (non-hydrogen) atoms. The molecule has 1 aliphatic heterocycles. The van der Waals surface area contributed by atoms with Gasteiger partial charge in [0.1, 0.15) is 10.7 Å². The lowest BCUT2D eigenvalue weighted by Crippen LogP contribution is -2.19. The zero-order valence-corrected chi connectivity index (χ0v) is 16.6. The Morgan fingerprint density at radius 1 is 1.26 bits per heavy atom. The van der Waals surface area contributed by atoms with Crippen molar-refractivity contribution in [3.05, 3.63) is 50.9 Å². The average Bonchev–Trinajstić information content (AvgIpc) is 3.27. The molecule has 0 aliphatic carbocycles. The lowest BCUT2D eigenvalue weighted by Gasteiger charge is -2.10. The number of methoxy groups -OCH3 is 1. The summed E-state index contributed by atoms with van der Waals surface area (Å²) in [5, 5.41) is 0.741. The summed E-state index contributed by atoms with van der Waals surface area (Å²) >= 11 is 1.61. The van der Waals surface area contributed by atoms with Gasteiger partial charge in [-0.3, -0.25) is 9.36 Å². The molecule has 140 valence electrons. The molecule has 0 saturated carbocycles. The molecule has 0 N–H and O–H groups in total. The fourth-order valence-electron chi connectivity index (χ4n) is 3.43. The molecule has 3 aromatic rings. The number of ether oxygens (including phenoxy) is 2. The molecule has 0 fully saturated rings. The molecule has 0 spiro atoms. The molecule has 0 saturated heterocycles. The minimum Gasteiger partial charge on any atom is -0.493 e. The molecule has 0 radical (unpaired) electrons. The first-order chi connectivity index (χ1) is 13.1. The van der Waals surface area contributed by atoms with Crippen LogP contribution in [-0.2, 0) is 13.0 Å². The Morgan fingerprint density at radius 2 is 2.11 bits per heavy atom. The van der Waals surface area contributed by atoms with Crippen LogP contribution in [0, 0.1) is 0 Å². The molecule has 6 heteroatoms. The van der Waals surface area contributed by atoms with Gasteiger partial charge in [0.2, 0.25) is 0 Å². The Hall–Kier alpha value is -2.60. The second-order valence-electron chi connectivity index (χ2n) is 6.44. The van der Waals surface area contributed by atoms with Crippen LogP contribution < -0.4 is 15.0 Å². The standard InChI is InChI=1S/C21H22N2O3S/c1-4-15-12-16-20(27-15)22-19-14(8-9-23(19)21(16)24)10-13-6-7-17(25-3)18(11-13)26-5-2/h6-7,10-12H,4-5,8-9H2,1-3H3. The van der Waals surface area contributed by atoms with Crippen molar-refractivity contribution in [1.82, 2.24) is 9.55 Å². The van der Waals surface area contributed by atoms with Crippen molar-refractivity contribution < 1.29 is 9.47 Å². The van der Waals surface area contributed by atoms with Crippen LogP contribution in [-0.4, -0.2) is 23.3 Å². The maximum absolute atomic E-state index is 12.8. The van der Waals surface area contributed by atoms with Crippen LogP contribution in [0.3, 0.4) is 0 Å². The second kappa shape index (κ2) is 7.19. The third-order valence-corrected chi connectivity index (χ3v) is 5.94. The Labute approximate surface area is 161 Å². The first-order valence-electron chi connectivity index (χ1n) is 9.19. The van der Waals surface area contributed by atoms with Crippen LogP contribution >= 0.6 is 11.3 Å². The number of thiophene rings is 1. The molecular formula is C21H22N2O3S. The van der Waals surface area contributed by atoms with E-state index in [9.17, 15) is 4.79 Å². The largest absolute Gasteiger partial charge is 0.493 e. The summed E-state index contributed by atoms with van der Waals surface area (Å²) in [5.74, 6) is 2.22. The van der Waals surface area contributed by atoms with Crippen molar-refractivity contribution in [2.45, 2.75) is 33.2 Å². The third kappa shape index (κ3) is 3.14. The van der Waals surface area contributed by atoms with Gasteiger partial charge in [-0.15, -0.1) is 11.3 Å². The number of benzene rings is 1. The Kier molecular flexibility index (Phi) is 4.74. The van der Waals surface area contributed by atoms with Crippen LogP contribution in [0.1, 0.15) is 36.5 Å². The first kappa shape index (κ1) is 17.8. The lowest BCUT2D eigenvalue weighted by molar-refractivity contribution is 0.311. The van der Waals surface area contributed by atoms with E-state index in [1.165, 1.54) is 4.88 Å². The number of hydrogen-bond donors (Lipinski definition) is 0. The van der Waals surface area contributed by atoms with Gasteiger partial charge in [-0.05, 0) is 55.2 Å². The quantitative estimate of drug-likeness (QED) is 0.657. The lowest BCUT2D eigenvalue weighted by atomic mass is 10.1. The highest BCUT2D eigenvalue weighted by Crippen LogP contribution is 2.33. The van der Waals surface area contributed by atoms with E-state index in [0.717, 1.165) is 45.8 Å². The molecule has 5 nitrogen and oxygen atoms in total. The molecule has 0 atom stereocenters. The summed E-state index contributed by atoms with van der Waals surface area (Å²) in [5.41, 5.74) is 2.16. The molecule has 0 unspecified atom stereocenters. The minimum atomic E-state index is 0.0686. The predicted molar refractivity (Wildman–Crippen MR) is 110 cm³/mol. The van der Waals surface area contributed by atoms with Crippen LogP contribution in [0.25, 0.3) is 21.9 Å². The summed E-state index contributed by atoms with van der Waals surface area (Å²) in [6.07, 6.45) is 3.81. The summed E-state index contributed by atoms with van der Waals surface area (Å²) in [6, 6.07) is 7.86. The molecule has 1 aliphatic rings. The number of allylic oxidation sites excluding steroid dienone is 1. The van der Waals surface area contributed by atoms with Crippen molar-refractivity contribution in [3.63, 3.8) is 0 Å². The third-order valence-electron chi connectivity index (χ3n) is 4.77. The molecule has 0 amide bonds. The van der Waals surface area contributed by atoms with Crippen LogP contribution in [0.5, 0.6) is 11.5 Å². The molecule has 3 heterocycles. The zero-order valence-electron chi connectivity index (χ0n) is 15.7. The summed E-state index contributed by atoms with van der Waals surface area (Å²) in [4.78, 5) is 19.7. The fourth-order valence-corrected chi connectivity index (χ4v) is 4.38. The second-order valence-corrected chi connectivity index (χ2v) is 7.56. The number of fused-ring (bicyclic) bond motifs is 2. The number of rotatable bonds is 5. The maximum Gasteiger partial charge on any atom is 0.262 e. The summed E-state index contributed by atoms with van der Waals surface area (Å²) in [6.45, 7) is 5.30. The Balaban J connectivity index is 1.79. The number of hydrogen-bond acceptors (Lipinski definition) is 5. The van der Waals surface area contributed by atoms with E-state index in [0.29, 0.717) is 18.9 Å². The van der Waals surface area contributed by atoms with Gasteiger partial charge in [0.05, 0.1) is 19.1 Å². The van der Waals surface area contributed by atoms with E-state index < -0.39 is 0 Å². The van der Waals surface area contributed by atoms with Gasteiger partial charge >= 0.3 is 0 Å². The van der Waals surface area contributed by atoms with E-state index in [-0.39, 0.29) is 5.56 Å². The summed E-state index contributed by atoms with van der Waals surface area (Å²) < 4.78 is 12.8. The normalized spacial score (nSPS) is 14.7. The number of aromatic nitrogens is 2. The SMILES string of the molecule is CCOc1cc(C=C2CCn3c2nc2sc(CC)cc2c3=O)ccc1OC. The predicted octanol–water partition coefficient (Wildman–Crippen LogP) is 4.37. The van der Waals surface area contributed by atoms with Crippen LogP contribution in [0.15, 0.2) is 29.1 Å².